The summed E-state index contributed by atoms with van der Waals surface area (Å²) in [6.07, 6.45) is -4.51. The maximum Gasteiger partial charge on any atom is 0.504 e. The third-order valence-electron chi connectivity index (χ3n) is 1.85. The molecule has 0 fully saturated rings. The first kappa shape index (κ1) is 10.2. The maximum absolute atomic E-state index is 12.1. The summed E-state index contributed by atoms with van der Waals surface area (Å²) in [5.41, 5.74) is 0. The van der Waals surface area contributed by atoms with Crippen LogP contribution in [0.3, 0.4) is 0 Å². The predicted octanol–water partition coefficient (Wildman–Crippen LogP) is 3.32. The fourth-order valence-electron chi connectivity index (χ4n) is 1.27. The van der Waals surface area contributed by atoms with Gasteiger partial charge in [0.25, 0.3) is 0 Å². The van der Waals surface area contributed by atoms with E-state index in [1.807, 2.05) is 0 Å². The smallest absolute Gasteiger partial charge is 0.173 e. The van der Waals surface area contributed by atoms with Crippen LogP contribution in [0.25, 0.3) is 10.8 Å². The monoisotopic (exact) mass is 229 g/mol. The molecule has 5 heteroatoms. The van der Waals surface area contributed by atoms with Crippen molar-refractivity contribution in [2.24, 2.45) is 4.99 Å². The van der Waals surface area contributed by atoms with E-state index in [0.717, 1.165) is 16.7 Å². The minimum absolute atomic E-state index is 0.000556. The Morgan fingerprint density at radius 3 is 2.53 bits per heavy atom. The zero-order valence-corrected chi connectivity index (χ0v) is 8.27. The SMILES string of the molecule is FC(F)(F)N=c1sccc2ccccc12. The molecule has 0 amide bonds. The molecule has 0 saturated heterocycles. The number of hydrogen-bond donors (Lipinski definition) is 0. The molecule has 15 heavy (non-hydrogen) atoms. The largest absolute Gasteiger partial charge is 0.504 e. The van der Waals surface area contributed by atoms with Crippen molar-refractivity contribution in [1.82, 2.24) is 0 Å². The molecule has 0 aliphatic carbocycles. The molecule has 1 nitrogen and oxygen atoms in total. The van der Waals surface area contributed by atoms with Gasteiger partial charge in [-0.3, -0.25) is 0 Å². The molecule has 1 aromatic carbocycles. The summed E-state index contributed by atoms with van der Waals surface area (Å²) >= 11 is 0.982. The number of alkyl halides is 3. The van der Waals surface area contributed by atoms with Gasteiger partial charge in [0.2, 0.25) is 0 Å². The van der Waals surface area contributed by atoms with Crippen LogP contribution in [0.2, 0.25) is 0 Å². The highest BCUT2D eigenvalue weighted by atomic mass is 32.1. The lowest BCUT2D eigenvalue weighted by Crippen LogP contribution is -2.10. The standard InChI is InChI=1S/C10H6F3NS/c11-10(12,13)14-9-8-4-2-1-3-7(8)5-6-15-9/h1-6H. The van der Waals surface area contributed by atoms with Gasteiger partial charge in [-0.15, -0.1) is 24.5 Å². The first-order chi connectivity index (χ1) is 7.06. The van der Waals surface area contributed by atoms with Crippen molar-refractivity contribution in [2.75, 3.05) is 0 Å². The average molecular weight is 229 g/mol. The van der Waals surface area contributed by atoms with Gasteiger partial charge in [-0.05, 0) is 16.8 Å². The van der Waals surface area contributed by atoms with Crippen LogP contribution < -0.4 is 4.67 Å². The minimum Gasteiger partial charge on any atom is -0.173 e. The highest BCUT2D eigenvalue weighted by Gasteiger charge is 2.25. The van der Waals surface area contributed by atoms with Crippen LogP contribution in [0.1, 0.15) is 0 Å². The summed E-state index contributed by atoms with van der Waals surface area (Å²) < 4.78 is 36.3. The van der Waals surface area contributed by atoms with Crippen LogP contribution in [0.5, 0.6) is 0 Å². The maximum atomic E-state index is 12.1. The molecule has 0 aliphatic heterocycles. The number of benzene rings is 1. The van der Waals surface area contributed by atoms with E-state index in [4.69, 9.17) is 0 Å². The number of fused-ring (bicyclic) bond motifs is 1. The second-order valence-corrected chi connectivity index (χ2v) is 3.79. The summed E-state index contributed by atoms with van der Waals surface area (Å²) in [6, 6.07) is 8.65. The summed E-state index contributed by atoms with van der Waals surface area (Å²) in [5.74, 6) is 0. The predicted molar refractivity (Wildman–Crippen MR) is 53.4 cm³/mol. The highest BCUT2D eigenvalue weighted by Crippen LogP contribution is 2.17. The van der Waals surface area contributed by atoms with Gasteiger partial charge in [0.1, 0.15) is 4.67 Å². The first-order valence-electron chi connectivity index (χ1n) is 4.15. The van der Waals surface area contributed by atoms with Gasteiger partial charge < -0.3 is 0 Å². The van der Waals surface area contributed by atoms with E-state index in [2.05, 4.69) is 4.99 Å². The Bertz CT molecular complexity index is 537. The fourth-order valence-corrected chi connectivity index (χ4v) is 2.09. The number of rotatable bonds is 0. The molecule has 2 aromatic rings. The molecule has 0 N–H and O–H groups in total. The van der Waals surface area contributed by atoms with E-state index in [9.17, 15) is 13.2 Å². The van der Waals surface area contributed by atoms with Crippen molar-refractivity contribution in [1.29, 1.82) is 0 Å². The topological polar surface area (TPSA) is 12.4 Å². The molecule has 0 radical (unpaired) electrons. The van der Waals surface area contributed by atoms with Gasteiger partial charge in [0, 0.05) is 5.39 Å². The second-order valence-electron chi connectivity index (χ2n) is 2.89. The molecule has 2 rings (SSSR count). The van der Waals surface area contributed by atoms with Gasteiger partial charge in [0.05, 0.1) is 0 Å². The second kappa shape index (κ2) is 3.66. The summed E-state index contributed by atoms with van der Waals surface area (Å²) in [7, 11) is 0. The van der Waals surface area contributed by atoms with Gasteiger partial charge >= 0.3 is 6.30 Å². The summed E-state index contributed by atoms with van der Waals surface area (Å²) in [4.78, 5) is 2.74. The Balaban J connectivity index is 2.77. The number of hydrogen-bond acceptors (Lipinski definition) is 2. The molecule has 0 saturated carbocycles. The Morgan fingerprint density at radius 2 is 1.80 bits per heavy atom. The quantitative estimate of drug-likeness (QED) is 0.614. The first-order valence-corrected chi connectivity index (χ1v) is 5.03. The van der Waals surface area contributed by atoms with Crippen LogP contribution in [-0.2, 0) is 0 Å². The lowest BCUT2D eigenvalue weighted by molar-refractivity contribution is -0.122. The molecule has 1 heterocycles. The Morgan fingerprint density at radius 1 is 1.07 bits per heavy atom. The third-order valence-corrected chi connectivity index (χ3v) is 2.65. The van der Waals surface area contributed by atoms with Gasteiger partial charge in [-0.1, -0.05) is 24.3 Å². The van der Waals surface area contributed by atoms with Crippen molar-refractivity contribution in [3.05, 3.63) is 40.4 Å². The fraction of sp³-hybridized carbons (Fsp3) is 0.100. The van der Waals surface area contributed by atoms with Crippen LogP contribution >= 0.6 is 11.3 Å². The van der Waals surface area contributed by atoms with Crippen LogP contribution in [0.15, 0.2) is 40.7 Å². The molecule has 0 bridgehead atoms. The molecule has 0 atom stereocenters. The molecule has 78 valence electrons. The highest BCUT2D eigenvalue weighted by molar-refractivity contribution is 7.07. The van der Waals surface area contributed by atoms with Crippen molar-refractivity contribution >= 4 is 22.1 Å². The van der Waals surface area contributed by atoms with E-state index in [-0.39, 0.29) is 4.67 Å². The molecule has 0 unspecified atom stereocenters. The van der Waals surface area contributed by atoms with Crippen molar-refractivity contribution < 1.29 is 13.2 Å². The minimum atomic E-state index is -4.51. The Kier molecular flexibility index (Phi) is 2.48. The van der Waals surface area contributed by atoms with Gasteiger partial charge in [0.15, 0.2) is 0 Å². The Hall–Kier alpha value is -1.36. The van der Waals surface area contributed by atoms with Crippen LogP contribution in [0, 0.1) is 0 Å². The lowest BCUT2D eigenvalue weighted by Gasteiger charge is -1.99. The van der Waals surface area contributed by atoms with Crippen LogP contribution in [0.4, 0.5) is 13.2 Å². The summed E-state index contributed by atoms with van der Waals surface area (Å²) in [5, 5.41) is 2.90. The zero-order chi connectivity index (χ0) is 10.9. The molecule has 1 aromatic heterocycles. The third kappa shape index (κ3) is 2.36. The number of nitrogens with zero attached hydrogens (tertiary/aromatic N) is 1. The molecule has 0 aliphatic rings. The lowest BCUT2D eigenvalue weighted by atomic mass is 10.2. The van der Waals surface area contributed by atoms with E-state index in [0.29, 0.717) is 5.39 Å². The molecular formula is C10H6F3NS. The average Bonchev–Trinajstić information content (AvgIpc) is 2.16. The van der Waals surface area contributed by atoms with Crippen molar-refractivity contribution in [3.8, 4) is 0 Å². The number of halogens is 3. The van der Waals surface area contributed by atoms with Crippen molar-refractivity contribution in [3.63, 3.8) is 0 Å². The van der Waals surface area contributed by atoms with E-state index in [1.54, 1.807) is 35.7 Å². The van der Waals surface area contributed by atoms with Gasteiger partial charge in [-0.25, -0.2) is 0 Å². The molecule has 0 spiro atoms. The summed E-state index contributed by atoms with van der Waals surface area (Å²) in [6.45, 7) is 0. The van der Waals surface area contributed by atoms with E-state index >= 15 is 0 Å². The Labute approximate surface area is 87.5 Å². The van der Waals surface area contributed by atoms with E-state index in [1.165, 1.54) is 0 Å². The van der Waals surface area contributed by atoms with E-state index < -0.39 is 6.30 Å². The zero-order valence-electron chi connectivity index (χ0n) is 7.45. The van der Waals surface area contributed by atoms with Gasteiger partial charge in [-0.2, -0.15) is 4.99 Å². The van der Waals surface area contributed by atoms with Crippen molar-refractivity contribution in [2.45, 2.75) is 6.30 Å². The normalized spacial score (nSPS) is 13.4. The molecular weight excluding hydrogens is 223 g/mol. The van der Waals surface area contributed by atoms with Crippen LogP contribution in [-0.4, -0.2) is 6.30 Å².